The van der Waals surface area contributed by atoms with Gasteiger partial charge in [-0.3, -0.25) is 9.88 Å². The normalized spacial score (nSPS) is 17.4. The fourth-order valence-electron chi connectivity index (χ4n) is 4.19. The van der Waals surface area contributed by atoms with E-state index in [0.717, 1.165) is 49.1 Å². The summed E-state index contributed by atoms with van der Waals surface area (Å²) in [6.07, 6.45) is 7.39. The van der Waals surface area contributed by atoms with Gasteiger partial charge >= 0.3 is 0 Å². The van der Waals surface area contributed by atoms with Crippen molar-refractivity contribution in [3.63, 3.8) is 0 Å². The van der Waals surface area contributed by atoms with Gasteiger partial charge in [0.25, 0.3) is 0 Å². The SMILES string of the molecule is CONC(C=N)CCN(Cc1nc2ccccc2[nH]1)C1CCCc2cccnc21. The Labute approximate surface area is 171 Å². The Hall–Kier alpha value is -2.61. The standard InChI is InChI=1S/C22H28N6O/c1-29-27-17(14-23)11-13-28(15-21-25-18-8-2-3-9-19(18)26-21)20-10-4-6-16-7-5-12-24-22(16)20/h2-3,5,7-9,12,14,17,20,23,27H,4,6,10-11,13,15H2,1H3,(H,25,26). The van der Waals surface area contributed by atoms with Crippen molar-refractivity contribution in [2.24, 2.45) is 0 Å². The molecule has 0 fully saturated rings. The van der Waals surface area contributed by atoms with Gasteiger partial charge in [0, 0.05) is 19.0 Å². The molecular weight excluding hydrogens is 364 g/mol. The number of hydrogen-bond donors (Lipinski definition) is 3. The van der Waals surface area contributed by atoms with Crippen LogP contribution < -0.4 is 5.48 Å². The number of benzene rings is 1. The van der Waals surface area contributed by atoms with E-state index in [1.807, 2.05) is 30.5 Å². The largest absolute Gasteiger partial charge is 0.341 e. The number of aromatic amines is 1. The molecule has 0 saturated heterocycles. The van der Waals surface area contributed by atoms with E-state index < -0.39 is 0 Å². The number of hydrogen-bond acceptors (Lipinski definition) is 6. The van der Waals surface area contributed by atoms with Crippen LogP contribution in [-0.2, 0) is 17.8 Å². The number of aryl methyl sites for hydroxylation is 1. The molecule has 2 heterocycles. The second kappa shape index (κ2) is 9.26. The smallest absolute Gasteiger partial charge is 0.121 e. The predicted octanol–water partition coefficient (Wildman–Crippen LogP) is 3.40. The molecule has 29 heavy (non-hydrogen) atoms. The summed E-state index contributed by atoms with van der Waals surface area (Å²) in [5.41, 5.74) is 7.46. The van der Waals surface area contributed by atoms with Crippen molar-refractivity contribution < 1.29 is 4.84 Å². The molecule has 0 saturated carbocycles. The maximum atomic E-state index is 7.65. The van der Waals surface area contributed by atoms with Crippen molar-refractivity contribution in [3.05, 3.63) is 59.7 Å². The number of nitrogens with zero attached hydrogens (tertiary/aromatic N) is 3. The van der Waals surface area contributed by atoms with Gasteiger partial charge in [-0.05, 0) is 49.4 Å². The number of rotatable bonds is 9. The molecule has 2 unspecified atom stereocenters. The highest BCUT2D eigenvalue weighted by molar-refractivity contribution is 5.74. The topological polar surface area (TPSA) is 89.9 Å². The van der Waals surface area contributed by atoms with E-state index >= 15 is 0 Å². The molecule has 2 aromatic heterocycles. The van der Waals surface area contributed by atoms with Gasteiger partial charge in [-0.15, -0.1) is 0 Å². The Morgan fingerprint density at radius 1 is 1.34 bits per heavy atom. The van der Waals surface area contributed by atoms with Crippen molar-refractivity contribution >= 4 is 17.2 Å². The van der Waals surface area contributed by atoms with Crippen LogP contribution in [0.25, 0.3) is 11.0 Å². The van der Waals surface area contributed by atoms with Gasteiger partial charge in [-0.25, -0.2) is 4.98 Å². The zero-order valence-corrected chi connectivity index (χ0v) is 16.8. The third-order valence-corrected chi connectivity index (χ3v) is 5.60. The average molecular weight is 393 g/mol. The minimum Gasteiger partial charge on any atom is -0.341 e. The van der Waals surface area contributed by atoms with Crippen molar-refractivity contribution in [3.8, 4) is 0 Å². The number of aromatic nitrogens is 3. The van der Waals surface area contributed by atoms with Crippen LogP contribution >= 0.6 is 0 Å². The van der Waals surface area contributed by atoms with Crippen LogP contribution in [0.3, 0.4) is 0 Å². The number of hydroxylamine groups is 1. The zero-order valence-electron chi connectivity index (χ0n) is 16.8. The van der Waals surface area contributed by atoms with Crippen molar-refractivity contribution in [2.75, 3.05) is 13.7 Å². The zero-order chi connectivity index (χ0) is 20.1. The maximum Gasteiger partial charge on any atom is 0.121 e. The lowest BCUT2D eigenvalue weighted by molar-refractivity contribution is 0.0696. The quantitative estimate of drug-likeness (QED) is 0.384. The van der Waals surface area contributed by atoms with Crippen LogP contribution in [0, 0.1) is 5.41 Å². The lowest BCUT2D eigenvalue weighted by Crippen LogP contribution is -2.37. The van der Waals surface area contributed by atoms with Crippen LogP contribution in [0.5, 0.6) is 0 Å². The Kier molecular flexibility index (Phi) is 6.29. The molecule has 152 valence electrons. The Morgan fingerprint density at radius 2 is 2.24 bits per heavy atom. The lowest BCUT2D eigenvalue weighted by atomic mass is 9.90. The summed E-state index contributed by atoms with van der Waals surface area (Å²) < 4.78 is 0. The molecule has 1 aromatic carbocycles. The molecule has 3 aromatic rings. The highest BCUT2D eigenvalue weighted by atomic mass is 16.6. The highest BCUT2D eigenvalue weighted by Crippen LogP contribution is 2.33. The third kappa shape index (κ3) is 4.53. The van der Waals surface area contributed by atoms with Gasteiger partial charge in [0.15, 0.2) is 0 Å². The van der Waals surface area contributed by atoms with E-state index in [2.05, 4.69) is 27.5 Å². The second-order valence-corrected chi connectivity index (χ2v) is 7.51. The Balaban J connectivity index is 1.59. The van der Waals surface area contributed by atoms with E-state index in [0.29, 0.717) is 6.54 Å². The van der Waals surface area contributed by atoms with E-state index in [9.17, 15) is 0 Å². The summed E-state index contributed by atoms with van der Waals surface area (Å²) in [4.78, 5) is 20.5. The molecule has 0 bridgehead atoms. The first kappa shape index (κ1) is 19.7. The molecule has 4 rings (SSSR count). The molecule has 0 radical (unpaired) electrons. The monoisotopic (exact) mass is 392 g/mol. The maximum absolute atomic E-state index is 7.65. The van der Waals surface area contributed by atoms with E-state index in [1.54, 1.807) is 7.11 Å². The molecule has 0 spiro atoms. The van der Waals surface area contributed by atoms with Gasteiger partial charge in [-0.1, -0.05) is 18.2 Å². The highest BCUT2D eigenvalue weighted by Gasteiger charge is 2.28. The second-order valence-electron chi connectivity index (χ2n) is 7.51. The number of para-hydroxylation sites is 2. The van der Waals surface area contributed by atoms with E-state index in [-0.39, 0.29) is 12.1 Å². The summed E-state index contributed by atoms with van der Waals surface area (Å²) in [6.45, 7) is 1.53. The Morgan fingerprint density at radius 3 is 3.07 bits per heavy atom. The molecule has 1 aliphatic rings. The fourth-order valence-corrected chi connectivity index (χ4v) is 4.19. The van der Waals surface area contributed by atoms with Crippen LogP contribution in [0.2, 0.25) is 0 Å². The summed E-state index contributed by atoms with van der Waals surface area (Å²) >= 11 is 0. The molecular formula is C22H28N6O. The summed E-state index contributed by atoms with van der Waals surface area (Å²) in [5.74, 6) is 0.959. The molecule has 2 atom stereocenters. The van der Waals surface area contributed by atoms with Crippen LogP contribution in [0.15, 0.2) is 42.6 Å². The van der Waals surface area contributed by atoms with Crippen molar-refractivity contribution in [1.82, 2.24) is 25.3 Å². The van der Waals surface area contributed by atoms with Crippen LogP contribution in [-0.4, -0.2) is 45.8 Å². The molecule has 3 N–H and O–H groups in total. The number of nitrogens with one attached hydrogen (secondary N) is 3. The molecule has 1 aliphatic carbocycles. The van der Waals surface area contributed by atoms with Gasteiger partial charge in [0.05, 0.1) is 42.5 Å². The molecule has 7 nitrogen and oxygen atoms in total. The first-order chi connectivity index (χ1) is 14.3. The third-order valence-electron chi connectivity index (χ3n) is 5.60. The summed E-state index contributed by atoms with van der Waals surface area (Å²) in [7, 11) is 1.59. The molecule has 7 heteroatoms. The van der Waals surface area contributed by atoms with Crippen LogP contribution in [0.4, 0.5) is 0 Å². The fraction of sp³-hybridized carbons (Fsp3) is 0.409. The van der Waals surface area contributed by atoms with Crippen LogP contribution in [0.1, 0.15) is 42.4 Å². The first-order valence-corrected chi connectivity index (χ1v) is 10.2. The average Bonchev–Trinajstić information content (AvgIpc) is 3.17. The number of pyridine rings is 1. The first-order valence-electron chi connectivity index (χ1n) is 10.2. The molecule has 0 amide bonds. The number of imidazole rings is 1. The van der Waals surface area contributed by atoms with Gasteiger partial charge in [-0.2, -0.15) is 5.48 Å². The number of fused-ring (bicyclic) bond motifs is 2. The minimum absolute atomic E-state index is 0.120. The van der Waals surface area contributed by atoms with Gasteiger partial charge < -0.3 is 15.2 Å². The van der Waals surface area contributed by atoms with Gasteiger partial charge in [0.2, 0.25) is 0 Å². The number of H-pyrrole nitrogens is 1. The molecule has 0 aliphatic heterocycles. The predicted molar refractivity (Wildman–Crippen MR) is 114 cm³/mol. The van der Waals surface area contributed by atoms with Crippen molar-refractivity contribution in [2.45, 2.75) is 44.3 Å². The summed E-state index contributed by atoms with van der Waals surface area (Å²) in [5, 5.41) is 7.65. The van der Waals surface area contributed by atoms with Gasteiger partial charge in [0.1, 0.15) is 5.82 Å². The lowest BCUT2D eigenvalue weighted by Gasteiger charge is -2.35. The minimum atomic E-state index is -0.120. The van der Waals surface area contributed by atoms with E-state index in [4.69, 9.17) is 20.2 Å². The van der Waals surface area contributed by atoms with E-state index in [1.165, 1.54) is 17.5 Å². The van der Waals surface area contributed by atoms with Crippen molar-refractivity contribution in [1.29, 1.82) is 5.41 Å². The summed E-state index contributed by atoms with van der Waals surface area (Å²) in [6, 6.07) is 12.5. The Bertz CT molecular complexity index is 922.